The number of hydrogen-bond donors (Lipinski definition) is 2. The van der Waals surface area contributed by atoms with Gasteiger partial charge in [0.15, 0.2) is 0 Å². The Morgan fingerprint density at radius 1 is 1.48 bits per heavy atom. The number of nitrogens with one attached hydrogen (secondary N) is 1. The monoisotopic (exact) mass is 448 g/mol. The second-order valence-corrected chi connectivity index (χ2v) is 6.73. The smallest absolute Gasteiger partial charge is 0.275 e. The van der Waals surface area contributed by atoms with E-state index in [1.807, 2.05) is 13.8 Å². The van der Waals surface area contributed by atoms with Crippen molar-refractivity contribution >= 4 is 27.7 Å². The molecule has 9 heteroatoms. The van der Waals surface area contributed by atoms with Crippen LogP contribution in [0.2, 0.25) is 0 Å². The second-order valence-electron chi connectivity index (χ2n) is 5.82. The van der Waals surface area contributed by atoms with E-state index in [-0.39, 0.29) is 12.2 Å². The fraction of sp³-hybridized carbons (Fsp3) is 0.556. The van der Waals surface area contributed by atoms with E-state index >= 15 is 0 Å². The molecule has 2 amide bonds. The number of aliphatic hydroxyl groups excluding tert-OH is 1. The van der Waals surface area contributed by atoms with Crippen LogP contribution in [0.25, 0.3) is 0 Å². The molecule has 0 aromatic heterocycles. The summed E-state index contributed by atoms with van der Waals surface area (Å²) in [5.74, 6) is -2.45. The highest BCUT2D eigenvalue weighted by Crippen LogP contribution is 2.42. The van der Waals surface area contributed by atoms with Gasteiger partial charge in [-0.05, 0) is 18.2 Å². The highest BCUT2D eigenvalue weighted by atomic mass is 79.9. The summed E-state index contributed by atoms with van der Waals surface area (Å²) in [6, 6.07) is 4.27. The normalized spacial score (nSPS) is 24.0. The Kier molecular flexibility index (Phi) is 8.80. The van der Waals surface area contributed by atoms with Crippen LogP contribution in [0.3, 0.4) is 0 Å². The largest absolute Gasteiger partial charge is 0.396 e. The Bertz CT molecular complexity index is 675. The highest BCUT2D eigenvalue weighted by Gasteiger charge is 2.55. The zero-order valence-electron chi connectivity index (χ0n) is 16.1. The van der Waals surface area contributed by atoms with Gasteiger partial charge in [-0.15, -0.1) is 0 Å². The van der Waals surface area contributed by atoms with E-state index < -0.39 is 41.8 Å². The Morgan fingerprint density at radius 3 is 2.63 bits per heavy atom. The van der Waals surface area contributed by atoms with Gasteiger partial charge in [-0.25, -0.2) is 9.45 Å². The molecular formula is C18H26BrFN2O5. The van der Waals surface area contributed by atoms with Gasteiger partial charge < -0.3 is 15.2 Å². The fourth-order valence-electron chi connectivity index (χ4n) is 3.09. The lowest BCUT2D eigenvalue weighted by molar-refractivity contribution is -0.180. The zero-order valence-corrected chi connectivity index (χ0v) is 17.7. The number of rotatable bonds is 5. The second kappa shape index (κ2) is 10.1. The molecule has 1 aromatic carbocycles. The lowest BCUT2D eigenvalue weighted by Crippen LogP contribution is -2.54. The molecule has 2 rings (SSSR count). The third-order valence-corrected chi connectivity index (χ3v) is 4.81. The number of ether oxygens (including phenoxy) is 1. The van der Waals surface area contributed by atoms with Crippen molar-refractivity contribution in [1.82, 2.24) is 10.4 Å². The van der Waals surface area contributed by atoms with Crippen LogP contribution in [0.5, 0.6) is 0 Å². The van der Waals surface area contributed by atoms with Gasteiger partial charge in [0.25, 0.3) is 5.91 Å². The Balaban J connectivity index is 0.00000176. The summed E-state index contributed by atoms with van der Waals surface area (Å²) in [5, 5.41) is 13.6. The molecule has 3 atom stereocenters. The van der Waals surface area contributed by atoms with E-state index in [0.717, 1.165) is 5.06 Å². The van der Waals surface area contributed by atoms with Crippen LogP contribution in [0.4, 0.5) is 4.39 Å². The average molecular weight is 449 g/mol. The van der Waals surface area contributed by atoms with Gasteiger partial charge in [-0.1, -0.05) is 29.8 Å². The number of carbonyl (C=O) groups excluding carboxylic acids is 2. The molecule has 0 radical (unpaired) electrons. The molecule has 0 spiro atoms. The van der Waals surface area contributed by atoms with Gasteiger partial charge in [-0.3, -0.25) is 14.4 Å². The molecule has 0 bridgehead atoms. The molecule has 0 unspecified atom stereocenters. The number of amides is 2. The van der Waals surface area contributed by atoms with Crippen molar-refractivity contribution < 1.29 is 28.7 Å². The Hall–Kier alpha value is -1.55. The molecule has 1 aliphatic rings. The third-order valence-electron chi connectivity index (χ3n) is 4.32. The van der Waals surface area contributed by atoms with Crippen molar-refractivity contribution in [2.24, 2.45) is 5.92 Å². The van der Waals surface area contributed by atoms with Gasteiger partial charge >= 0.3 is 0 Å². The molecule has 1 saturated heterocycles. The number of carbonyl (C=O) groups is 2. The predicted molar refractivity (Wildman–Crippen MR) is 101 cm³/mol. The van der Waals surface area contributed by atoms with Crippen molar-refractivity contribution in [2.45, 2.75) is 32.4 Å². The topological polar surface area (TPSA) is 88.1 Å². The molecule has 1 aromatic rings. The molecule has 7 nitrogen and oxygen atoms in total. The predicted octanol–water partition coefficient (Wildman–Crippen LogP) is 1.97. The molecule has 2 N–H and O–H groups in total. The SMILES string of the molecule is CC.CON(C)C(=O)[C@H]1OC[C@@](NC(C)=O)(c2cc(Br)ccc2F)[C@@H]1CO. The van der Waals surface area contributed by atoms with Gasteiger partial charge in [0.05, 0.1) is 25.9 Å². The first-order chi connectivity index (χ1) is 12.8. The number of nitrogens with zero attached hydrogens (tertiary/aromatic N) is 1. The van der Waals surface area contributed by atoms with Crippen LogP contribution in [0, 0.1) is 11.7 Å². The minimum absolute atomic E-state index is 0.131. The summed E-state index contributed by atoms with van der Waals surface area (Å²) in [6.45, 7) is 4.61. The molecule has 0 aliphatic carbocycles. The molecule has 1 aliphatic heterocycles. The van der Waals surface area contributed by atoms with E-state index in [9.17, 15) is 19.1 Å². The average Bonchev–Trinajstić information content (AvgIpc) is 3.02. The lowest BCUT2D eigenvalue weighted by Gasteiger charge is -2.36. The van der Waals surface area contributed by atoms with Gasteiger partial charge in [-0.2, -0.15) is 0 Å². The Morgan fingerprint density at radius 2 is 2.11 bits per heavy atom. The van der Waals surface area contributed by atoms with E-state index in [1.165, 1.54) is 39.3 Å². The number of benzene rings is 1. The number of aliphatic hydroxyl groups is 1. The number of hydrogen-bond acceptors (Lipinski definition) is 5. The summed E-state index contributed by atoms with van der Waals surface area (Å²) in [7, 11) is 2.72. The lowest BCUT2D eigenvalue weighted by atomic mass is 9.77. The van der Waals surface area contributed by atoms with Crippen LogP contribution in [0.15, 0.2) is 22.7 Å². The van der Waals surface area contributed by atoms with Crippen LogP contribution in [0.1, 0.15) is 26.3 Å². The van der Waals surface area contributed by atoms with Crippen molar-refractivity contribution in [3.63, 3.8) is 0 Å². The number of halogens is 2. The van der Waals surface area contributed by atoms with E-state index in [0.29, 0.717) is 4.47 Å². The molecule has 152 valence electrons. The zero-order chi connectivity index (χ0) is 20.8. The van der Waals surface area contributed by atoms with Crippen molar-refractivity contribution in [2.75, 3.05) is 27.4 Å². The van der Waals surface area contributed by atoms with E-state index in [2.05, 4.69) is 21.2 Å². The summed E-state index contributed by atoms with van der Waals surface area (Å²) in [6.07, 6.45) is -1.10. The van der Waals surface area contributed by atoms with E-state index in [4.69, 9.17) is 9.57 Å². The molecule has 1 heterocycles. The molecule has 0 saturated carbocycles. The van der Waals surface area contributed by atoms with Crippen molar-refractivity contribution in [3.05, 3.63) is 34.1 Å². The summed E-state index contributed by atoms with van der Waals surface area (Å²) in [4.78, 5) is 29.1. The maximum atomic E-state index is 14.6. The standard InChI is InChI=1S/C16H20BrFN2O5.C2H6/c1-9(22)19-16(11-6-10(17)4-5-13(11)18)8-25-14(12(16)7-21)15(23)20(2)24-3;1-2/h4-6,12,14,21H,7-8H2,1-3H3,(H,19,22);1-2H3/t12-,14+,16-;/m1./s1. The van der Waals surface area contributed by atoms with E-state index in [1.54, 1.807) is 0 Å². The van der Waals surface area contributed by atoms with Crippen LogP contribution in [-0.4, -0.2) is 55.5 Å². The quantitative estimate of drug-likeness (QED) is 0.672. The summed E-state index contributed by atoms with van der Waals surface area (Å²) < 4.78 is 20.7. The van der Waals surface area contributed by atoms with Gasteiger partial charge in [0.1, 0.15) is 11.9 Å². The fourth-order valence-corrected chi connectivity index (χ4v) is 3.46. The van der Waals surface area contributed by atoms with Crippen LogP contribution >= 0.6 is 15.9 Å². The highest BCUT2D eigenvalue weighted by molar-refractivity contribution is 9.10. The molecular weight excluding hydrogens is 423 g/mol. The molecule has 27 heavy (non-hydrogen) atoms. The number of likely N-dealkylation sites (N-methyl/N-ethyl adjacent to an activating group) is 1. The molecule has 1 fully saturated rings. The van der Waals surface area contributed by atoms with Gasteiger partial charge in [0.2, 0.25) is 5.91 Å². The first-order valence-corrected chi connectivity index (χ1v) is 9.34. The maximum Gasteiger partial charge on any atom is 0.275 e. The summed E-state index contributed by atoms with van der Waals surface area (Å²) in [5.41, 5.74) is -1.25. The first kappa shape index (κ1) is 23.5. The van der Waals surface area contributed by atoms with Crippen LogP contribution in [-0.2, 0) is 24.7 Å². The van der Waals surface area contributed by atoms with Gasteiger partial charge in [0, 0.05) is 29.9 Å². The maximum absolute atomic E-state index is 14.6. The minimum atomic E-state index is -1.39. The minimum Gasteiger partial charge on any atom is -0.396 e. The number of hydroxylamine groups is 2. The first-order valence-electron chi connectivity index (χ1n) is 8.55. The third kappa shape index (κ3) is 4.84. The van der Waals surface area contributed by atoms with Crippen molar-refractivity contribution in [3.8, 4) is 0 Å². The summed E-state index contributed by atoms with van der Waals surface area (Å²) >= 11 is 3.28. The van der Waals surface area contributed by atoms with Crippen molar-refractivity contribution in [1.29, 1.82) is 0 Å². The Labute approximate surface area is 166 Å². The van der Waals surface area contributed by atoms with Crippen LogP contribution < -0.4 is 5.32 Å².